The zero-order chi connectivity index (χ0) is 23.9. The van der Waals surface area contributed by atoms with Gasteiger partial charge in [-0.25, -0.2) is 8.42 Å². The summed E-state index contributed by atoms with van der Waals surface area (Å²) in [6.07, 6.45) is 4.57. The number of amides is 1. The van der Waals surface area contributed by atoms with Crippen LogP contribution in [0.1, 0.15) is 54.4 Å². The molecule has 5 rings (SSSR count). The predicted octanol–water partition coefficient (Wildman–Crippen LogP) is 4.72. The van der Waals surface area contributed by atoms with Gasteiger partial charge in [-0.2, -0.15) is 9.29 Å². The van der Waals surface area contributed by atoms with Gasteiger partial charge in [0.15, 0.2) is 0 Å². The molecule has 1 N–H and O–H groups in total. The number of benzene rings is 1. The lowest BCUT2D eigenvalue weighted by atomic mass is 9.85. The molecule has 1 saturated heterocycles. The summed E-state index contributed by atoms with van der Waals surface area (Å²) in [4.78, 5) is 19.0. The van der Waals surface area contributed by atoms with Crippen molar-refractivity contribution in [3.05, 3.63) is 46.7 Å². The Hall–Kier alpha value is -2.56. The van der Waals surface area contributed by atoms with Crippen LogP contribution in [0.3, 0.4) is 0 Å². The average Bonchev–Trinajstić information content (AvgIpc) is 3.41. The first-order chi connectivity index (χ1) is 16.3. The van der Waals surface area contributed by atoms with E-state index in [9.17, 15) is 13.2 Å². The van der Waals surface area contributed by atoms with E-state index in [0.29, 0.717) is 46.8 Å². The van der Waals surface area contributed by atoms with E-state index in [4.69, 9.17) is 4.52 Å². The topological polar surface area (TPSA) is 105 Å². The third-order valence-corrected chi connectivity index (χ3v) is 9.93. The minimum Gasteiger partial charge on any atom is -0.339 e. The molecule has 10 heteroatoms. The van der Waals surface area contributed by atoms with Crippen LogP contribution in [0.25, 0.3) is 10.7 Å². The summed E-state index contributed by atoms with van der Waals surface area (Å²) in [5, 5.41) is 7.05. The maximum absolute atomic E-state index is 13.5. The second-order valence-corrected chi connectivity index (χ2v) is 12.3. The Labute approximate surface area is 203 Å². The third-order valence-electron chi connectivity index (χ3n) is 6.76. The maximum Gasteiger partial charge on any atom is 0.244 e. The molecule has 180 valence electrons. The summed E-state index contributed by atoms with van der Waals surface area (Å²) in [6, 6.07) is 9.22. The van der Waals surface area contributed by atoms with E-state index >= 15 is 0 Å². The lowest BCUT2D eigenvalue weighted by Gasteiger charge is -2.31. The second-order valence-electron chi connectivity index (χ2n) is 9.12. The van der Waals surface area contributed by atoms with Gasteiger partial charge in [-0.15, -0.1) is 11.3 Å². The summed E-state index contributed by atoms with van der Waals surface area (Å²) in [5.74, 6) is 0.846. The van der Waals surface area contributed by atoms with Crippen LogP contribution in [0, 0.1) is 19.8 Å². The number of carbonyl (C=O) groups excluding carboxylic acids is 1. The van der Waals surface area contributed by atoms with Crippen molar-refractivity contribution < 1.29 is 17.7 Å². The molecule has 2 fully saturated rings. The monoisotopic (exact) mass is 500 g/mol. The minimum absolute atomic E-state index is 0.146. The van der Waals surface area contributed by atoms with Crippen molar-refractivity contribution >= 4 is 33.0 Å². The average molecular weight is 501 g/mol. The van der Waals surface area contributed by atoms with Gasteiger partial charge in [0, 0.05) is 29.6 Å². The number of anilines is 1. The number of nitrogens with zero attached hydrogens (tertiary/aromatic N) is 3. The zero-order valence-electron chi connectivity index (χ0n) is 19.3. The van der Waals surface area contributed by atoms with Gasteiger partial charge >= 0.3 is 0 Å². The number of rotatable bonds is 6. The predicted molar refractivity (Wildman–Crippen MR) is 130 cm³/mol. The number of carbonyl (C=O) groups is 1. The van der Waals surface area contributed by atoms with E-state index in [1.54, 1.807) is 13.0 Å². The molecule has 1 aliphatic heterocycles. The van der Waals surface area contributed by atoms with Crippen LogP contribution in [0.4, 0.5) is 5.69 Å². The first-order valence-corrected chi connectivity index (χ1v) is 13.9. The van der Waals surface area contributed by atoms with Crippen molar-refractivity contribution in [2.75, 3.05) is 18.4 Å². The SMILES string of the molecule is Cc1ccccc1NC(=O)C1CCCN(S(=O)(=O)c2cc(-c3noc(C4CCC4)n3)sc2C)C1. The summed E-state index contributed by atoms with van der Waals surface area (Å²) in [5.41, 5.74) is 1.73. The molecule has 1 amide bonds. The molecule has 34 heavy (non-hydrogen) atoms. The molecule has 1 saturated carbocycles. The van der Waals surface area contributed by atoms with Crippen molar-refractivity contribution in [3.63, 3.8) is 0 Å². The van der Waals surface area contributed by atoms with Gasteiger partial charge in [-0.05, 0) is 57.2 Å². The van der Waals surface area contributed by atoms with Crippen molar-refractivity contribution in [1.82, 2.24) is 14.4 Å². The number of piperidine rings is 1. The maximum atomic E-state index is 13.5. The molecule has 0 bridgehead atoms. The highest BCUT2D eigenvalue weighted by Crippen LogP contribution is 2.38. The molecule has 1 aromatic carbocycles. The lowest BCUT2D eigenvalue weighted by Crippen LogP contribution is -2.43. The van der Waals surface area contributed by atoms with Gasteiger partial charge in [0.1, 0.15) is 0 Å². The second kappa shape index (κ2) is 9.24. The fraction of sp³-hybridized carbons (Fsp3) is 0.458. The molecule has 3 aromatic rings. The third kappa shape index (κ3) is 4.42. The van der Waals surface area contributed by atoms with E-state index in [1.165, 1.54) is 22.1 Å². The Bertz CT molecular complexity index is 1310. The van der Waals surface area contributed by atoms with Gasteiger partial charge in [-0.1, -0.05) is 29.8 Å². The Morgan fingerprint density at radius 2 is 1.97 bits per heavy atom. The van der Waals surface area contributed by atoms with E-state index in [-0.39, 0.29) is 17.3 Å². The molecule has 3 heterocycles. The van der Waals surface area contributed by atoms with Gasteiger partial charge in [0.2, 0.25) is 27.6 Å². The van der Waals surface area contributed by atoms with Crippen molar-refractivity contribution in [2.24, 2.45) is 5.92 Å². The summed E-state index contributed by atoms with van der Waals surface area (Å²) in [7, 11) is -3.75. The first kappa shape index (κ1) is 23.2. The van der Waals surface area contributed by atoms with Crippen LogP contribution in [0.2, 0.25) is 0 Å². The van der Waals surface area contributed by atoms with Crippen LogP contribution in [-0.4, -0.2) is 41.9 Å². The van der Waals surface area contributed by atoms with Gasteiger partial charge in [0.05, 0.1) is 15.7 Å². The number of nitrogens with one attached hydrogen (secondary N) is 1. The molecule has 0 radical (unpaired) electrons. The van der Waals surface area contributed by atoms with E-state index < -0.39 is 15.9 Å². The molecular formula is C24H28N4O4S2. The highest BCUT2D eigenvalue weighted by molar-refractivity contribution is 7.89. The van der Waals surface area contributed by atoms with Crippen LogP contribution in [0.15, 0.2) is 39.8 Å². The zero-order valence-corrected chi connectivity index (χ0v) is 20.9. The Kier molecular flexibility index (Phi) is 6.30. The number of thiophene rings is 1. The standard InChI is InChI=1S/C24H28N4O4S2/c1-15-7-3-4-11-19(15)25-23(29)18-10-6-12-28(14-18)34(30,31)21-13-20(33-16(21)2)22-26-24(32-27-22)17-8-5-9-17/h3-4,7,11,13,17-18H,5-6,8-10,12,14H2,1-2H3,(H,25,29). The van der Waals surface area contributed by atoms with Gasteiger partial charge in [0.25, 0.3) is 0 Å². The summed E-state index contributed by atoms with van der Waals surface area (Å²) < 4.78 is 33.9. The molecule has 2 aromatic heterocycles. The number of sulfonamides is 1. The fourth-order valence-corrected chi connectivity index (χ4v) is 7.46. The highest BCUT2D eigenvalue weighted by Gasteiger charge is 2.35. The fourth-order valence-electron chi connectivity index (χ4n) is 4.45. The van der Waals surface area contributed by atoms with Crippen LogP contribution in [-0.2, 0) is 14.8 Å². The highest BCUT2D eigenvalue weighted by atomic mass is 32.2. The Morgan fingerprint density at radius 3 is 2.71 bits per heavy atom. The normalized spacial score (nSPS) is 19.6. The minimum atomic E-state index is -3.75. The first-order valence-electron chi connectivity index (χ1n) is 11.6. The molecule has 1 aliphatic carbocycles. The van der Waals surface area contributed by atoms with Gasteiger partial charge in [-0.3, -0.25) is 4.79 Å². The lowest BCUT2D eigenvalue weighted by molar-refractivity contribution is -0.120. The van der Waals surface area contributed by atoms with E-state index in [0.717, 1.165) is 24.1 Å². The smallest absolute Gasteiger partial charge is 0.244 e. The summed E-state index contributed by atoms with van der Waals surface area (Å²) in [6.45, 7) is 4.29. The van der Waals surface area contributed by atoms with E-state index in [2.05, 4.69) is 15.5 Å². The number of aryl methyl sites for hydroxylation is 2. The van der Waals surface area contributed by atoms with Crippen LogP contribution in [0.5, 0.6) is 0 Å². The largest absolute Gasteiger partial charge is 0.339 e. The number of hydrogen-bond donors (Lipinski definition) is 1. The molecular weight excluding hydrogens is 472 g/mol. The quantitative estimate of drug-likeness (QED) is 0.525. The van der Waals surface area contributed by atoms with Crippen LogP contribution < -0.4 is 5.32 Å². The van der Waals surface area contributed by atoms with Gasteiger partial charge < -0.3 is 9.84 Å². The van der Waals surface area contributed by atoms with Crippen molar-refractivity contribution in [2.45, 2.75) is 56.8 Å². The van der Waals surface area contributed by atoms with Crippen LogP contribution >= 0.6 is 11.3 Å². The molecule has 8 nitrogen and oxygen atoms in total. The number of aromatic nitrogens is 2. The Morgan fingerprint density at radius 1 is 1.18 bits per heavy atom. The molecule has 1 atom stereocenters. The Balaban J connectivity index is 1.32. The molecule has 0 spiro atoms. The van der Waals surface area contributed by atoms with Crippen molar-refractivity contribution in [1.29, 1.82) is 0 Å². The van der Waals surface area contributed by atoms with E-state index in [1.807, 2.05) is 31.2 Å². The molecule has 1 unspecified atom stereocenters. The molecule has 2 aliphatic rings. The summed E-state index contributed by atoms with van der Waals surface area (Å²) >= 11 is 1.35. The van der Waals surface area contributed by atoms with Crippen molar-refractivity contribution in [3.8, 4) is 10.7 Å². The number of para-hydroxylation sites is 1. The number of hydrogen-bond acceptors (Lipinski definition) is 7.